The van der Waals surface area contributed by atoms with Crippen molar-refractivity contribution in [3.63, 3.8) is 0 Å². The van der Waals surface area contributed by atoms with Crippen molar-refractivity contribution >= 4 is 27.1 Å². The number of piperazine rings is 1. The van der Waals surface area contributed by atoms with Crippen LogP contribution in [0.2, 0.25) is 0 Å². The van der Waals surface area contributed by atoms with E-state index in [1.807, 2.05) is 6.07 Å². The van der Waals surface area contributed by atoms with E-state index in [9.17, 15) is 17.2 Å². The Labute approximate surface area is 194 Å². The van der Waals surface area contributed by atoms with Crippen molar-refractivity contribution in [3.8, 4) is 11.5 Å². The molecule has 0 aromatic heterocycles. The van der Waals surface area contributed by atoms with Gasteiger partial charge in [-0.25, -0.2) is 12.7 Å². The minimum absolute atomic E-state index is 0.0221. The molecule has 1 aliphatic rings. The molecule has 1 radical (unpaired) electrons. The Balaban J connectivity index is 1.94. The number of alkyl halides is 2. The van der Waals surface area contributed by atoms with Gasteiger partial charge in [0.15, 0.2) is 5.75 Å². The van der Waals surface area contributed by atoms with Crippen LogP contribution in [0.4, 0.5) is 25.8 Å². The highest BCUT2D eigenvalue weighted by atomic mass is 32.2. The Morgan fingerprint density at radius 1 is 1.03 bits per heavy atom. The molecule has 2 aromatic carbocycles. The number of benzene rings is 2. The van der Waals surface area contributed by atoms with E-state index in [-0.39, 0.29) is 17.1 Å². The summed E-state index contributed by atoms with van der Waals surface area (Å²) >= 11 is 0. The van der Waals surface area contributed by atoms with Crippen LogP contribution in [0.1, 0.15) is 13.8 Å². The monoisotopic (exact) mass is 482 g/mol. The van der Waals surface area contributed by atoms with Gasteiger partial charge in [0, 0.05) is 44.5 Å². The number of sulfonamides is 1. The summed E-state index contributed by atoms with van der Waals surface area (Å²) in [7, 11) is -2.47. The predicted octanol–water partition coefficient (Wildman–Crippen LogP) is 4.13. The summed E-state index contributed by atoms with van der Waals surface area (Å²) in [6.07, 6.45) is 1.01. The number of ether oxygens (including phenoxy) is 2. The van der Waals surface area contributed by atoms with Gasteiger partial charge in [-0.15, -0.1) is 0 Å². The molecule has 0 N–H and O–H groups in total. The SMILES string of the molecule is COc1cc(N2CCN(C[C](C)C)CC2)ccc1N(c1ccccc1OC(F)F)S(C)(=O)=O. The maximum atomic E-state index is 12.9. The molecule has 181 valence electrons. The first-order valence-electron chi connectivity index (χ1n) is 10.6. The van der Waals surface area contributed by atoms with E-state index in [1.54, 1.807) is 18.2 Å². The molecule has 33 heavy (non-hydrogen) atoms. The Morgan fingerprint density at radius 2 is 1.67 bits per heavy atom. The number of nitrogens with zero attached hydrogens (tertiary/aromatic N) is 3. The topological polar surface area (TPSA) is 62.3 Å². The zero-order valence-corrected chi connectivity index (χ0v) is 20.1. The van der Waals surface area contributed by atoms with Gasteiger partial charge in [0.25, 0.3) is 0 Å². The van der Waals surface area contributed by atoms with Crippen molar-refractivity contribution in [1.82, 2.24) is 4.90 Å². The van der Waals surface area contributed by atoms with Gasteiger partial charge in [0.05, 0.1) is 24.7 Å². The summed E-state index contributed by atoms with van der Waals surface area (Å²) in [4.78, 5) is 4.61. The van der Waals surface area contributed by atoms with E-state index in [0.717, 1.165) is 49.0 Å². The van der Waals surface area contributed by atoms with Crippen molar-refractivity contribution in [2.24, 2.45) is 0 Å². The molecule has 0 amide bonds. The fourth-order valence-corrected chi connectivity index (χ4v) is 4.97. The number of rotatable bonds is 9. The van der Waals surface area contributed by atoms with Crippen LogP contribution in [0.3, 0.4) is 0 Å². The Kier molecular flexibility index (Phi) is 8.01. The number of para-hydroxylation sites is 2. The molecule has 10 heteroatoms. The Bertz CT molecular complexity index is 1040. The van der Waals surface area contributed by atoms with Crippen LogP contribution in [0.15, 0.2) is 42.5 Å². The largest absolute Gasteiger partial charge is 0.494 e. The smallest absolute Gasteiger partial charge is 0.387 e. The first-order valence-corrected chi connectivity index (χ1v) is 12.4. The molecule has 0 aliphatic carbocycles. The lowest BCUT2D eigenvalue weighted by molar-refractivity contribution is -0.0494. The highest BCUT2D eigenvalue weighted by molar-refractivity contribution is 7.92. The van der Waals surface area contributed by atoms with Crippen molar-refractivity contribution in [2.45, 2.75) is 20.5 Å². The molecular weight excluding hydrogens is 452 g/mol. The van der Waals surface area contributed by atoms with E-state index in [0.29, 0.717) is 5.75 Å². The highest BCUT2D eigenvalue weighted by Crippen LogP contribution is 2.42. The number of methoxy groups -OCH3 is 1. The van der Waals surface area contributed by atoms with Crippen molar-refractivity contribution < 1.29 is 26.7 Å². The first kappa shape index (κ1) is 25.0. The van der Waals surface area contributed by atoms with Crippen molar-refractivity contribution in [2.75, 3.05) is 55.3 Å². The summed E-state index contributed by atoms with van der Waals surface area (Å²) < 4.78 is 62.5. The van der Waals surface area contributed by atoms with Gasteiger partial charge in [-0.2, -0.15) is 8.78 Å². The average molecular weight is 483 g/mol. The van der Waals surface area contributed by atoms with Gasteiger partial charge in [0.1, 0.15) is 5.75 Å². The minimum atomic E-state index is -3.91. The molecule has 1 fully saturated rings. The molecule has 0 atom stereocenters. The van der Waals surface area contributed by atoms with Crippen LogP contribution in [0, 0.1) is 5.92 Å². The molecule has 3 rings (SSSR count). The highest BCUT2D eigenvalue weighted by Gasteiger charge is 2.28. The minimum Gasteiger partial charge on any atom is -0.494 e. The zero-order valence-electron chi connectivity index (χ0n) is 19.3. The summed E-state index contributed by atoms with van der Waals surface area (Å²) in [6.45, 7) is 5.62. The third-order valence-electron chi connectivity index (χ3n) is 5.29. The molecule has 1 heterocycles. The lowest BCUT2D eigenvalue weighted by Gasteiger charge is -2.37. The molecular formula is C23H30F2N3O4S. The second-order valence-electron chi connectivity index (χ2n) is 8.20. The normalized spacial score (nSPS) is 15.2. The fourth-order valence-electron chi connectivity index (χ4n) is 3.95. The second-order valence-corrected chi connectivity index (χ2v) is 10.0. The Hall–Kier alpha value is -2.59. The van der Waals surface area contributed by atoms with E-state index < -0.39 is 16.6 Å². The molecule has 2 aromatic rings. The second kappa shape index (κ2) is 10.6. The molecule has 1 saturated heterocycles. The van der Waals surface area contributed by atoms with Gasteiger partial charge in [-0.05, 0) is 30.2 Å². The van der Waals surface area contributed by atoms with E-state index in [1.165, 1.54) is 31.2 Å². The lowest BCUT2D eigenvalue weighted by atomic mass is 10.1. The standard InChI is InChI=1S/C23H30F2N3O4S/c1-17(2)16-26-11-13-27(14-12-26)18-9-10-20(22(15-18)31-3)28(33(4,29)30)19-7-5-6-8-21(19)32-23(24)25/h5-10,15,23H,11-14,16H2,1-4H3. The summed E-state index contributed by atoms with van der Waals surface area (Å²) in [6, 6.07) is 11.0. The maximum absolute atomic E-state index is 12.9. The van der Waals surface area contributed by atoms with Crippen molar-refractivity contribution in [3.05, 3.63) is 48.4 Å². The van der Waals surface area contributed by atoms with Gasteiger partial charge in [-0.1, -0.05) is 26.0 Å². The predicted molar refractivity (Wildman–Crippen MR) is 126 cm³/mol. The van der Waals surface area contributed by atoms with Crippen LogP contribution in [0.25, 0.3) is 0 Å². The number of anilines is 3. The summed E-state index contributed by atoms with van der Waals surface area (Å²) in [5.41, 5.74) is 1.09. The van der Waals surface area contributed by atoms with Crippen LogP contribution in [-0.2, 0) is 10.0 Å². The Morgan fingerprint density at radius 3 is 2.24 bits per heavy atom. The molecule has 1 aliphatic heterocycles. The van der Waals surface area contributed by atoms with Gasteiger partial charge in [0.2, 0.25) is 10.0 Å². The first-order chi connectivity index (χ1) is 15.6. The average Bonchev–Trinajstić information content (AvgIpc) is 2.74. The number of hydrogen-bond donors (Lipinski definition) is 0. The maximum Gasteiger partial charge on any atom is 0.387 e. The van der Waals surface area contributed by atoms with Gasteiger partial charge < -0.3 is 14.4 Å². The number of halogens is 2. The quantitative estimate of drug-likeness (QED) is 0.536. The third kappa shape index (κ3) is 6.26. The molecule has 0 bridgehead atoms. The van der Waals surface area contributed by atoms with Gasteiger partial charge in [-0.3, -0.25) is 4.90 Å². The third-order valence-corrected chi connectivity index (χ3v) is 6.35. The van der Waals surface area contributed by atoms with Crippen LogP contribution >= 0.6 is 0 Å². The molecule has 0 spiro atoms. The molecule has 0 saturated carbocycles. The molecule has 0 unspecified atom stereocenters. The summed E-state index contributed by atoms with van der Waals surface area (Å²) in [5, 5.41) is 0. The fraction of sp³-hybridized carbons (Fsp3) is 0.435. The summed E-state index contributed by atoms with van der Waals surface area (Å²) in [5.74, 6) is 1.43. The lowest BCUT2D eigenvalue weighted by Crippen LogP contribution is -2.47. The van der Waals surface area contributed by atoms with Crippen LogP contribution in [0.5, 0.6) is 11.5 Å². The zero-order chi connectivity index (χ0) is 24.2. The van der Waals surface area contributed by atoms with Crippen LogP contribution < -0.4 is 18.7 Å². The van der Waals surface area contributed by atoms with E-state index >= 15 is 0 Å². The van der Waals surface area contributed by atoms with Crippen molar-refractivity contribution in [1.29, 1.82) is 0 Å². The number of hydrogen-bond acceptors (Lipinski definition) is 6. The molecule has 7 nitrogen and oxygen atoms in total. The van der Waals surface area contributed by atoms with Crippen LogP contribution in [-0.4, -0.2) is 66.0 Å². The van der Waals surface area contributed by atoms with E-state index in [4.69, 9.17) is 4.74 Å². The van der Waals surface area contributed by atoms with E-state index in [2.05, 4.69) is 28.4 Å². The van der Waals surface area contributed by atoms with Gasteiger partial charge >= 0.3 is 6.61 Å².